The number of aromatic amines is 1. The molecule has 62 valence electrons. The zero-order valence-corrected chi connectivity index (χ0v) is 7.30. The molecule has 1 aromatic rings. The van der Waals surface area contributed by atoms with Crippen LogP contribution < -0.4 is 10.7 Å². The molecule has 1 aromatic heterocycles. The summed E-state index contributed by atoms with van der Waals surface area (Å²) in [5.41, 5.74) is 1.32. The number of rotatable bonds is 2. The molecule has 1 heterocycles. The molecule has 12 heavy (non-hydrogen) atoms. The van der Waals surface area contributed by atoms with Crippen molar-refractivity contribution in [1.82, 2.24) is 4.98 Å². The molecule has 0 bridgehead atoms. The van der Waals surface area contributed by atoms with E-state index in [1.807, 2.05) is 0 Å². The fourth-order valence-corrected chi connectivity index (χ4v) is 1.44. The molecule has 0 saturated carbocycles. The Morgan fingerprint density at radius 3 is 3.17 bits per heavy atom. The van der Waals surface area contributed by atoms with Crippen LogP contribution in [0.4, 0.5) is 0 Å². The molecule has 0 fully saturated rings. The van der Waals surface area contributed by atoms with Crippen molar-refractivity contribution in [1.29, 1.82) is 0 Å². The Labute approximate surface area is 72.1 Å². The number of fused-ring (bicyclic) bond motifs is 1. The molecule has 0 aromatic carbocycles. The van der Waals surface area contributed by atoms with E-state index in [0.717, 1.165) is 6.42 Å². The minimum Gasteiger partial charge on any atom is -0.355 e. The molecule has 0 spiro atoms. The lowest BCUT2D eigenvalue weighted by atomic mass is 10.3. The third-order valence-electron chi connectivity index (χ3n) is 2.09. The molecule has 1 N–H and O–H groups in total. The molecule has 0 atom stereocenters. The van der Waals surface area contributed by atoms with Crippen molar-refractivity contribution in [3.8, 4) is 0 Å². The second-order valence-electron chi connectivity index (χ2n) is 3.11. The van der Waals surface area contributed by atoms with Crippen LogP contribution in [0.3, 0.4) is 0 Å². The van der Waals surface area contributed by atoms with Gasteiger partial charge in [0.15, 0.2) is 0 Å². The average Bonchev–Trinajstić information content (AvgIpc) is 2.58. The number of hydrogen-bond acceptors (Lipinski definition) is 0. The highest BCUT2D eigenvalue weighted by Gasteiger charge is 1.96. The smallest absolute Gasteiger partial charge is 0.0458 e. The Kier molecular flexibility index (Phi) is 1.86. The molecule has 0 unspecified atom stereocenters. The van der Waals surface area contributed by atoms with Crippen molar-refractivity contribution < 1.29 is 0 Å². The van der Waals surface area contributed by atoms with Crippen molar-refractivity contribution in [3.05, 3.63) is 28.4 Å². The van der Waals surface area contributed by atoms with Gasteiger partial charge in [-0.2, -0.15) is 0 Å². The van der Waals surface area contributed by atoms with Crippen LogP contribution in [-0.4, -0.2) is 4.98 Å². The van der Waals surface area contributed by atoms with E-state index < -0.39 is 0 Å². The van der Waals surface area contributed by atoms with E-state index in [2.05, 4.69) is 42.3 Å². The van der Waals surface area contributed by atoms with Gasteiger partial charge in [0.2, 0.25) is 0 Å². The molecule has 1 aliphatic carbocycles. The Bertz CT molecular complexity index is 407. The van der Waals surface area contributed by atoms with Crippen LogP contribution in [0.15, 0.2) is 12.1 Å². The van der Waals surface area contributed by atoms with Crippen LogP contribution in [0, 0.1) is 0 Å². The summed E-state index contributed by atoms with van der Waals surface area (Å²) < 4.78 is 0. The highest BCUT2D eigenvalue weighted by Crippen LogP contribution is 1.97. The van der Waals surface area contributed by atoms with Gasteiger partial charge in [-0.15, -0.1) is 0 Å². The van der Waals surface area contributed by atoms with E-state index in [0.29, 0.717) is 0 Å². The molecule has 1 aliphatic rings. The van der Waals surface area contributed by atoms with Gasteiger partial charge in [0.05, 0.1) is 0 Å². The number of hydrogen-bond donors (Lipinski definition) is 1. The van der Waals surface area contributed by atoms with Gasteiger partial charge in [-0.05, 0) is 24.1 Å². The first-order chi connectivity index (χ1) is 5.90. The van der Waals surface area contributed by atoms with Crippen LogP contribution in [-0.2, 0) is 0 Å². The first kappa shape index (κ1) is 7.41. The summed E-state index contributed by atoms with van der Waals surface area (Å²) in [6.45, 7) is 2.19. The summed E-state index contributed by atoms with van der Waals surface area (Å²) in [6, 6.07) is 2.20. The predicted octanol–water partition coefficient (Wildman–Crippen LogP) is 1.40. The number of unbranched alkanes of at least 4 members (excludes halogenated alkanes) is 1. The monoisotopic (exact) mass is 159 g/mol. The highest BCUT2D eigenvalue weighted by molar-refractivity contribution is 5.65. The second-order valence-corrected chi connectivity index (χ2v) is 3.11. The number of nitrogens with one attached hydrogen (secondary N) is 1. The normalized spacial score (nSPS) is 14.9. The predicted molar refractivity (Wildman–Crippen MR) is 52.9 cm³/mol. The average molecular weight is 159 g/mol. The van der Waals surface area contributed by atoms with Crippen LogP contribution in [0.1, 0.15) is 25.3 Å². The standard InChI is InChI=1S/C11H13N/c1-2-3-6-10-8-9-5-4-7-11(9)12-10/h4-8,12H,2-3H2,1H3. The van der Waals surface area contributed by atoms with Gasteiger partial charge in [-0.3, -0.25) is 0 Å². The van der Waals surface area contributed by atoms with Crippen molar-refractivity contribution in [2.45, 2.75) is 19.8 Å². The number of H-pyrrole nitrogens is 1. The third-order valence-corrected chi connectivity index (χ3v) is 2.09. The molecule has 2 rings (SSSR count). The van der Waals surface area contributed by atoms with Crippen LogP contribution >= 0.6 is 0 Å². The molecular formula is C11H13N. The Morgan fingerprint density at radius 2 is 2.42 bits per heavy atom. The summed E-state index contributed by atoms with van der Waals surface area (Å²) in [7, 11) is 0. The summed E-state index contributed by atoms with van der Waals surface area (Å²) in [5.74, 6) is 0. The first-order valence-corrected chi connectivity index (χ1v) is 4.48. The van der Waals surface area contributed by atoms with Crippen molar-refractivity contribution in [2.24, 2.45) is 0 Å². The fraction of sp³-hybridized carbons (Fsp3) is 0.273. The van der Waals surface area contributed by atoms with E-state index >= 15 is 0 Å². The van der Waals surface area contributed by atoms with Crippen LogP contribution in [0.5, 0.6) is 0 Å². The molecule has 0 amide bonds. The Morgan fingerprint density at radius 1 is 1.50 bits per heavy atom. The topological polar surface area (TPSA) is 15.8 Å². The zero-order valence-electron chi connectivity index (χ0n) is 7.30. The van der Waals surface area contributed by atoms with Crippen LogP contribution in [0.2, 0.25) is 0 Å². The van der Waals surface area contributed by atoms with E-state index in [4.69, 9.17) is 0 Å². The highest BCUT2D eigenvalue weighted by atomic mass is 14.7. The SMILES string of the molecule is CCCC=c1cc2c([nH]1)=CC=C2. The summed E-state index contributed by atoms with van der Waals surface area (Å²) in [4.78, 5) is 3.35. The maximum atomic E-state index is 3.35. The van der Waals surface area contributed by atoms with Crippen molar-refractivity contribution in [2.75, 3.05) is 0 Å². The maximum Gasteiger partial charge on any atom is 0.0458 e. The zero-order chi connectivity index (χ0) is 8.39. The second kappa shape index (κ2) is 3.02. The summed E-state index contributed by atoms with van der Waals surface area (Å²) in [6.07, 6.45) is 10.9. The fourth-order valence-electron chi connectivity index (χ4n) is 1.44. The number of allylic oxidation sites excluding steroid dienone is 1. The summed E-state index contributed by atoms with van der Waals surface area (Å²) in [5, 5.41) is 2.50. The quantitative estimate of drug-likeness (QED) is 0.671. The molecule has 1 heteroatoms. The van der Waals surface area contributed by atoms with Gasteiger partial charge in [0.1, 0.15) is 0 Å². The first-order valence-electron chi connectivity index (χ1n) is 4.48. The summed E-state index contributed by atoms with van der Waals surface area (Å²) >= 11 is 0. The minimum absolute atomic E-state index is 1.16. The molecule has 0 radical (unpaired) electrons. The maximum absolute atomic E-state index is 3.35. The van der Waals surface area contributed by atoms with Crippen molar-refractivity contribution >= 4 is 18.2 Å². The third kappa shape index (κ3) is 1.22. The van der Waals surface area contributed by atoms with Gasteiger partial charge in [-0.25, -0.2) is 0 Å². The lowest BCUT2D eigenvalue weighted by Crippen LogP contribution is -2.08. The van der Waals surface area contributed by atoms with E-state index in [1.54, 1.807) is 0 Å². The van der Waals surface area contributed by atoms with Gasteiger partial charge < -0.3 is 4.98 Å². The van der Waals surface area contributed by atoms with Gasteiger partial charge in [0.25, 0.3) is 0 Å². The van der Waals surface area contributed by atoms with E-state index in [1.165, 1.54) is 22.7 Å². The van der Waals surface area contributed by atoms with Gasteiger partial charge in [-0.1, -0.05) is 31.6 Å². The molecule has 0 saturated heterocycles. The van der Waals surface area contributed by atoms with E-state index in [9.17, 15) is 0 Å². The molecule has 1 nitrogen and oxygen atoms in total. The number of aromatic nitrogens is 1. The van der Waals surface area contributed by atoms with Crippen LogP contribution in [0.25, 0.3) is 18.2 Å². The minimum atomic E-state index is 1.16. The Hall–Kier alpha value is -1.24. The molecule has 0 aliphatic heterocycles. The molecular weight excluding hydrogens is 146 g/mol. The Balaban J connectivity index is 2.39. The van der Waals surface area contributed by atoms with Gasteiger partial charge >= 0.3 is 0 Å². The van der Waals surface area contributed by atoms with Gasteiger partial charge in [0, 0.05) is 10.7 Å². The largest absolute Gasteiger partial charge is 0.355 e. The van der Waals surface area contributed by atoms with Crippen molar-refractivity contribution in [3.63, 3.8) is 0 Å². The van der Waals surface area contributed by atoms with E-state index in [-0.39, 0.29) is 0 Å². The lowest BCUT2D eigenvalue weighted by Gasteiger charge is -1.80. The lowest BCUT2D eigenvalue weighted by molar-refractivity contribution is 0.987.